The molecule has 1 heterocycles. The minimum absolute atomic E-state index is 0.0366. The summed E-state index contributed by atoms with van der Waals surface area (Å²) in [7, 11) is 0. The highest BCUT2D eigenvalue weighted by molar-refractivity contribution is 5.63. The van der Waals surface area contributed by atoms with Gasteiger partial charge in [0, 0.05) is 0 Å². The third-order valence-corrected chi connectivity index (χ3v) is 2.42. The Balaban J connectivity index is 2.24. The molecule has 1 aromatic carbocycles. The molecular formula is C13H15N5O3. The van der Waals surface area contributed by atoms with Gasteiger partial charge < -0.3 is 4.74 Å². The summed E-state index contributed by atoms with van der Waals surface area (Å²) in [6.45, 7) is 3.53. The molecule has 0 saturated heterocycles. The summed E-state index contributed by atoms with van der Waals surface area (Å²) >= 11 is 0. The molecule has 8 nitrogen and oxygen atoms in total. The van der Waals surface area contributed by atoms with E-state index in [1.165, 1.54) is 6.33 Å². The number of hydrazine groups is 1. The van der Waals surface area contributed by atoms with Crippen LogP contribution in [0.5, 0.6) is 5.88 Å². The molecule has 0 aliphatic rings. The fourth-order valence-corrected chi connectivity index (χ4v) is 1.58. The second-order valence-corrected chi connectivity index (χ2v) is 4.42. The van der Waals surface area contributed by atoms with Gasteiger partial charge in [-0.1, -0.05) is 18.2 Å². The second kappa shape index (κ2) is 6.51. The highest BCUT2D eigenvalue weighted by Crippen LogP contribution is 2.31. The van der Waals surface area contributed by atoms with E-state index in [0.29, 0.717) is 0 Å². The molecule has 8 heteroatoms. The first-order valence-electron chi connectivity index (χ1n) is 6.31. The number of rotatable bonds is 6. The van der Waals surface area contributed by atoms with Crippen LogP contribution in [0.25, 0.3) is 0 Å². The van der Waals surface area contributed by atoms with Crippen molar-refractivity contribution in [1.82, 2.24) is 9.97 Å². The molecule has 0 spiro atoms. The van der Waals surface area contributed by atoms with Crippen LogP contribution in [0.2, 0.25) is 0 Å². The summed E-state index contributed by atoms with van der Waals surface area (Å²) < 4.78 is 5.34. The molecule has 21 heavy (non-hydrogen) atoms. The van der Waals surface area contributed by atoms with E-state index in [9.17, 15) is 10.1 Å². The van der Waals surface area contributed by atoms with Gasteiger partial charge >= 0.3 is 5.69 Å². The number of anilines is 2. The number of aromatic nitrogens is 2. The molecule has 0 unspecified atom stereocenters. The van der Waals surface area contributed by atoms with E-state index in [4.69, 9.17) is 4.74 Å². The second-order valence-electron chi connectivity index (χ2n) is 4.42. The van der Waals surface area contributed by atoms with Crippen molar-refractivity contribution in [3.8, 4) is 5.88 Å². The fraction of sp³-hybridized carbons (Fsp3) is 0.231. The summed E-state index contributed by atoms with van der Waals surface area (Å²) in [4.78, 5) is 18.3. The van der Waals surface area contributed by atoms with Crippen LogP contribution in [0, 0.1) is 10.1 Å². The summed E-state index contributed by atoms with van der Waals surface area (Å²) in [5.74, 6) is -0.0307. The number of nitro groups is 1. The molecule has 110 valence electrons. The zero-order valence-electron chi connectivity index (χ0n) is 11.6. The lowest BCUT2D eigenvalue weighted by Gasteiger charge is -2.12. The molecule has 0 aliphatic heterocycles. The third kappa shape index (κ3) is 3.78. The fourth-order valence-electron chi connectivity index (χ4n) is 1.58. The zero-order chi connectivity index (χ0) is 15.2. The van der Waals surface area contributed by atoms with Crippen molar-refractivity contribution < 1.29 is 9.66 Å². The topological polar surface area (TPSA) is 102 Å². The van der Waals surface area contributed by atoms with Crippen molar-refractivity contribution in [1.29, 1.82) is 0 Å². The molecule has 0 atom stereocenters. The molecule has 0 bridgehead atoms. The van der Waals surface area contributed by atoms with Gasteiger partial charge in [0.15, 0.2) is 0 Å². The van der Waals surface area contributed by atoms with Crippen LogP contribution in [-0.2, 0) is 0 Å². The Morgan fingerprint density at radius 2 is 1.90 bits per heavy atom. The molecule has 1 aromatic heterocycles. The van der Waals surface area contributed by atoms with E-state index in [-0.39, 0.29) is 23.5 Å². The number of benzene rings is 1. The van der Waals surface area contributed by atoms with E-state index in [0.717, 1.165) is 5.69 Å². The average Bonchev–Trinajstić information content (AvgIpc) is 2.45. The molecule has 2 aromatic rings. The Morgan fingerprint density at radius 3 is 2.52 bits per heavy atom. The van der Waals surface area contributed by atoms with Crippen LogP contribution in [0.3, 0.4) is 0 Å². The predicted octanol–water partition coefficient (Wildman–Crippen LogP) is 2.61. The Kier molecular flexibility index (Phi) is 4.50. The van der Waals surface area contributed by atoms with Gasteiger partial charge in [0.05, 0.1) is 16.7 Å². The van der Waals surface area contributed by atoms with Gasteiger partial charge in [-0.05, 0) is 26.0 Å². The zero-order valence-corrected chi connectivity index (χ0v) is 11.6. The van der Waals surface area contributed by atoms with Crippen molar-refractivity contribution in [2.75, 3.05) is 10.9 Å². The van der Waals surface area contributed by atoms with Gasteiger partial charge in [0.2, 0.25) is 5.82 Å². The summed E-state index contributed by atoms with van der Waals surface area (Å²) in [6, 6.07) is 9.17. The molecule has 0 radical (unpaired) electrons. The summed E-state index contributed by atoms with van der Waals surface area (Å²) in [5, 5.41) is 11.2. The highest BCUT2D eigenvalue weighted by atomic mass is 16.6. The van der Waals surface area contributed by atoms with Crippen LogP contribution in [-0.4, -0.2) is 21.0 Å². The van der Waals surface area contributed by atoms with Crippen LogP contribution < -0.4 is 15.6 Å². The molecule has 2 N–H and O–H groups in total. The normalized spacial score (nSPS) is 10.2. The highest BCUT2D eigenvalue weighted by Gasteiger charge is 2.25. The van der Waals surface area contributed by atoms with Gasteiger partial charge in [-0.2, -0.15) is 4.98 Å². The largest absolute Gasteiger partial charge is 0.470 e. The lowest BCUT2D eigenvalue weighted by Crippen LogP contribution is -2.15. The van der Waals surface area contributed by atoms with Crippen molar-refractivity contribution in [2.24, 2.45) is 0 Å². The molecule has 0 amide bonds. The van der Waals surface area contributed by atoms with Crippen LogP contribution in [0.4, 0.5) is 17.2 Å². The van der Waals surface area contributed by atoms with Gasteiger partial charge in [-0.3, -0.25) is 21.0 Å². The van der Waals surface area contributed by atoms with Crippen LogP contribution >= 0.6 is 0 Å². The maximum Gasteiger partial charge on any atom is 0.374 e. The number of hydrogen-bond acceptors (Lipinski definition) is 7. The Bertz CT molecular complexity index is 618. The Morgan fingerprint density at radius 1 is 1.19 bits per heavy atom. The first kappa shape index (κ1) is 14.5. The van der Waals surface area contributed by atoms with E-state index >= 15 is 0 Å². The van der Waals surface area contributed by atoms with Crippen molar-refractivity contribution >= 4 is 17.2 Å². The summed E-state index contributed by atoms with van der Waals surface area (Å²) in [6.07, 6.45) is 0.980. The van der Waals surface area contributed by atoms with Crippen molar-refractivity contribution in [3.63, 3.8) is 0 Å². The maximum absolute atomic E-state index is 11.2. The number of para-hydroxylation sites is 1. The molecule has 2 rings (SSSR count). The molecular weight excluding hydrogens is 274 g/mol. The van der Waals surface area contributed by atoms with Crippen LogP contribution in [0.15, 0.2) is 36.7 Å². The molecule has 0 aliphatic carbocycles. The number of hydrogen-bond donors (Lipinski definition) is 2. The van der Waals surface area contributed by atoms with E-state index in [1.54, 1.807) is 13.8 Å². The third-order valence-electron chi connectivity index (χ3n) is 2.42. The predicted molar refractivity (Wildman–Crippen MR) is 78.1 cm³/mol. The first-order chi connectivity index (χ1) is 10.1. The standard InChI is InChI=1S/C13H15N5O3/c1-9(2)21-13-11(18(19)20)12(14-8-15-13)17-16-10-6-4-3-5-7-10/h3-9,16H,1-2H3,(H,14,15,17). The van der Waals surface area contributed by atoms with E-state index < -0.39 is 4.92 Å². The van der Waals surface area contributed by atoms with Gasteiger partial charge in [-0.25, -0.2) is 4.98 Å². The van der Waals surface area contributed by atoms with Crippen molar-refractivity contribution in [2.45, 2.75) is 20.0 Å². The molecule has 0 fully saturated rings. The quantitative estimate of drug-likeness (QED) is 0.622. The van der Waals surface area contributed by atoms with Gasteiger partial charge in [0.25, 0.3) is 5.88 Å². The minimum atomic E-state index is -0.577. The maximum atomic E-state index is 11.2. The lowest BCUT2D eigenvalue weighted by molar-refractivity contribution is -0.385. The van der Waals surface area contributed by atoms with Gasteiger partial charge in [0.1, 0.15) is 6.33 Å². The number of nitrogens with one attached hydrogen (secondary N) is 2. The smallest absolute Gasteiger partial charge is 0.374 e. The molecule has 0 saturated carbocycles. The Labute approximate surface area is 121 Å². The van der Waals surface area contributed by atoms with Gasteiger partial charge in [-0.15, -0.1) is 0 Å². The minimum Gasteiger partial charge on any atom is -0.470 e. The van der Waals surface area contributed by atoms with E-state index in [1.807, 2.05) is 30.3 Å². The lowest BCUT2D eigenvalue weighted by atomic mass is 10.3. The first-order valence-corrected chi connectivity index (χ1v) is 6.31. The Hall–Kier alpha value is -2.90. The average molecular weight is 289 g/mol. The monoisotopic (exact) mass is 289 g/mol. The SMILES string of the molecule is CC(C)Oc1ncnc(NNc2ccccc2)c1[N+](=O)[O-]. The summed E-state index contributed by atoms with van der Waals surface area (Å²) in [5.41, 5.74) is 5.97. The van der Waals surface area contributed by atoms with Crippen molar-refractivity contribution in [3.05, 3.63) is 46.8 Å². The van der Waals surface area contributed by atoms with Crippen LogP contribution in [0.1, 0.15) is 13.8 Å². The number of ether oxygens (including phenoxy) is 1. The van der Waals surface area contributed by atoms with E-state index in [2.05, 4.69) is 20.8 Å². The number of nitrogens with zero attached hydrogens (tertiary/aromatic N) is 3.